The van der Waals surface area contributed by atoms with Gasteiger partial charge in [-0.2, -0.15) is 11.3 Å². The summed E-state index contributed by atoms with van der Waals surface area (Å²) in [7, 11) is 0. The first-order valence-corrected chi connectivity index (χ1v) is 7.20. The molecular formula is C16H17NOS. The highest BCUT2D eigenvalue weighted by Crippen LogP contribution is 2.17. The SMILES string of the molecule is C#CCOc1ccccc1CNCCc1ccsc1. The average Bonchev–Trinajstić information content (AvgIpc) is 2.95. The summed E-state index contributed by atoms with van der Waals surface area (Å²) >= 11 is 1.74. The molecule has 0 unspecified atom stereocenters. The Kier molecular flexibility index (Phi) is 5.49. The van der Waals surface area contributed by atoms with E-state index in [4.69, 9.17) is 11.2 Å². The summed E-state index contributed by atoms with van der Waals surface area (Å²) in [6.45, 7) is 2.07. The van der Waals surface area contributed by atoms with E-state index in [2.05, 4.69) is 34.1 Å². The van der Waals surface area contributed by atoms with Gasteiger partial charge in [-0.25, -0.2) is 0 Å². The van der Waals surface area contributed by atoms with Crippen molar-refractivity contribution < 1.29 is 4.74 Å². The minimum absolute atomic E-state index is 0.311. The van der Waals surface area contributed by atoms with E-state index in [9.17, 15) is 0 Å². The van der Waals surface area contributed by atoms with Gasteiger partial charge in [0.25, 0.3) is 0 Å². The lowest BCUT2D eigenvalue weighted by Gasteiger charge is -2.10. The molecule has 19 heavy (non-hydrogen) atoms. The molecule has 0 saturated heterocycles. The van der Waals surface area contributed by atoms with Gasteiger partial charge in [-0.05, 0) is 41.4 Å². The molecular weight excluding hydrogens is 254 g/mol. The lowest BCUT2D eigenvalue weighted by molar-refractivity contribution is 0.365. The fraction of sp³-hybridized carbons (Fsp3) is 0.250. The summed E-state index contributed by atoms with van der Waals surface area (Å²) < 4.78 is 5.51. The fourth-order valence-corrected chi connectivity index (χ4v) is 2.50. The van der Waals surface area contributed by atoms with Gasteiger partial charge in [0.15, 0.2) is 0 Å². The Morgan fingerprint density at radius 3 is 2.95 bits per heavy atom. The molecule has 1 aromatic carbocycles. The standard InChI is InChI=1S/C16H17NOS/c1-2-10-18-16-6-4-3-5-15(16)12-17-9-7-14-8-11-19-13-14/h1,3-6,8,11,13,17H,7,9-10,12H2. The molecule has 0 amide bonds. The third-order valence-corrected chi connectivity index (χ3v) is 3.50. The van der Waals surface area contributed by atoms with Crippen LogP contribution >= 0.6 is 11.3 Å². The molecule has 1 N–H and O–H groups in total. The van der Waals surface area contributed by atoms with Crippen LogP contribution in [0.4, 0.5) is 0 Å². The van der Waals surface area contributed by atoms with Gasteiger partial charge in [0.2, 0.25) is 0 Å². The van der Waals surface area contributed by atoms with Crippen molar-refractivity contribution in [3.05, 3.63) is 52.2 Å². The molecule has 2 nitrogen and oxygen atoms in total. The number of thiophene rings is 1. The van der Waals surface area contributed by atoms with Gasteiger partial charge in [0.05, 0.1) is 0 Å². The maximum Gasteiger partial charge on any atom is 0.148 e. The van der Waals surface area contributed by atoms with Crippen molar-refractivity contribution in [1.82, 2.24) is 5.32 Å². The molecule has 0 bridgehead atoms. The van der Waals surface area contributed by atoms with Crippen molar-refractivity contribution in [3.8, 4) is 18.1 Å². The number of terminal acetylenes is 1. The van der Waals surface area contributed by atoms with E-state index in [1.807, 2.05) is 18.2 Å². The van der Waals surface area contributed by atoms with E-state index in [-0.39, 0.29) is 0 Å². The van der Waals surface area contributed by atoms with Crippen LogP contribution in [0.1, 0.15) is 11.1 Å². The number of nitrogens with one attached hydrogen (secondary N) is 1. The van der Waals surface area contributed by atoms with E-state index < -0.39 is 0 Å². The van der Waals surface area contributed by atoms with Crippen LogP contribution in [0, 0.1) is 12.3 Å². The largest absolute Gasteiger partial charge is 0.481 e. The monoisotopic (exact) mass is 271 g/mol. The van der Waals surface area contributed by atoms with E-state index >= 15 is 0 Å². The molecule has 0 aliphatic carbocycles. The molecule has 0 aliphatic rings. The van der Waals surface area contributed by atoms with Gasteiger partial charge in [0, 0.05) is 12.1 Å². The summed E-state index contributed by atoms with van der Waals surface area (Å²) in [4.78, 5) is 0. The van der Waals surface area contributed by atoms with E-state index in [0.717, 1.165) is 30.8 Å². The predicted molar refractivity (Wildman–Crippen MR) is 80.5 cm³/mol. The number of ether oxygens (including phenoxy) is 1. The van der Waals surface area contributed by atoms with Crippen LogP contribution in [0.3, 0.4) is 0 Å². The summed E-state index contributed by atoms with van der Waals surface area (Å²) in [5.74, 6) is 3.35. The maximum absolute atomic E-state index is 5.51. The number of benzene rings is 1. The van der Waals surface area contributed by atoms with E-state index in [1.54, 1.807) is 11.3 Å². The first kappa shape index (κ1) is 13.7. The van der Waals surface area contributed by atoms with Gasteiger partial charge in [0.1, 0.15) is 12.4 Å². The Bertz CT molecular complexity index is 528. The molecule has 2 rings (SSSR count). The highest BCUT2D eigenvalue weighted by atomic mass is 32.1. The Hall–Kier alpha value is -1.76. The smallest absolute Gasteiger partial charge is 0.148 e. The molecule has 3 heteroatoms. The lowest BCUT2D eigenvalue weighted by Crippen LogP contribution is -2.17. The van der Waals surface area contributed by atoms with Crippen molar-refractivity contribution in [2.45, 2.75) is 13.0 Å². The molecule has 0 aliphatic heterocycles. The minimum Gasteiger partial charge on any atom is -0.481 e. The predicted octanol–water partition coefficient (Wildman–Crippen LogP) is 3.09. The molecule has 0 fully saturated rings. The van der Waals surface area contributed by atoms with Crippen molar-refractivity contribution in [2.24, 2.45) is 0 Å². The summed E-state index contributed by atoms with van der Waals surface area (Å²) in [5, 5.41) is 7.73. The molecule has 98 valence electrons. The van der Waals surface area contributed by atoms with Crippen molar-refractivity contribution in [1.29, 1.82) is 0 Å². The second-order valence-electron chi connectivity index (χ2n) is 4.16. The van der Waals surface area contributed by atoms with Crippen LogP contribution in [0.5, 0.6) is 5.75 Å². The van der Waals surface area contributed by atoms with Crippen LogP contribution in [0.2, 0.25) is 0 Å². The van der Waals surface area contributed by atoms with Crippen LogP contribution in [0.25, 0.3) is 0 Å². The Labute approximate surface area is 118 Å². The molecule has 0 radical (unpaired) electrons. The quantitative estimate of drug-likeness (QED) is 0.617. The molecule has 1 aromatic heterocycles. The fourth-order valence-electron chi connectivity index (χ4n) is 1.80. The zero-order valence-corrected chi connectivity index (χ0v) is 11.6. The number of hydrogen-bond donors (Lipinski definition) is 1. The van der Waals surface area contributed by atoms with E-state index in [0.29, 0.717) is 6.61 Å². The zero-order chi connectivity index (χ0) is 13.3. The van der Waals surface area contributed by atoms with Crippen molar-refractivity contribution in [3.63, 3.8) is 0 Å². The highest BCUT2D eigenvalue weighted by molar-refractivity contribution is 7.07. The lowest BCUT2D eigenvalue weighted by atomic mass is 10.2. The normalized spacial score (nSPS) is 10.1. The first-order valence-electron chi connectivity index (χ1n) is 6.26. The second kappa shape index (κ2) is 7.63. The van der Waals surface area contributed by atoms with Crippen LogP contribution in [-0.4, -0.2) is 13.2 Å². The van der Waals surface area contributed by atoms with Gasteiger partial charge in [-0.3, -0.25) is 0 Å². The van der Waals surface area contributed by atoms with E-state index in [1.165, 1.54) is 5.56 Å². The Balaban J connectivity index is 1.80. The highest BCUT2D eigenvalue weighted by Gasteiger charge is 2.01. The van der Waals surface area contributed by atoms with Gasteiger partial charge in [-0.15, -0.1) is 6.42 Å². The Morgan fingerprint density at radius 2 is 2.16 bits per heavy atom. The molecule has 0 saturated carbocycles. The summed E-state index contributed by atoms with van der Waals surface area (Å²) in [6, 6.07) is 10.1. The van der Waals surface area contributed by atoms with Crippen LogP contribution in [-0.2, 0) is 13.0 Å². The van der Waals surface area contributed by atoms with Gasteiger partial charge < -0.3 is 10.1 Å². The third-order valence-electron chi connectivity index (χ3n) is 2.77. The molecule has 0 spiro atoms. The second-order valence-corrected chi connectivity index (χ2v) is 4.94. The third kappa shape index (κ3) is 4.44. The topological polar surface area (TPSA) is 21.3 Å². The van der Waals surface area contributed by atoms with Gasteiger partial charge >= 0.3 is 0 Å². The zero-order valence-electron chi connectivity index (χ0n) is 10.8. The van der Waals surface area contributed by atoms with Crippen LogP contribution < -0.4 is 10.1 Å². The summed E-state index contributed by atoms with van der Waals surface area (Å²) in [6.07, 6.45) is 6.27. The van der Waals surface area contributed by atoms with Crippen LogP contribution in [0.15, 0.2) is 41.1 Å². The minimum atomic E-state index is 0.311. The van der Waals surface area contributed by atoms with Gasteiger partial charge in [-0.1, -0.05) is 24.1 Å². The molecule has 1 heterocycles. The number of para-hydroxylation sites is 1. The first-order chi connectivity index (χ1) is 9.40. The number of rotatable bonds is 7. The molecule has 2 aromatic rings. The average molecular weight is 271 g/mol. The molecule has 0 atom stereocenters. The maximum atomic E-state index is 5.51. The number of hydrogen-bond acceptors (Lipinski definition) is 3. The summed E-state index contributed by atoms with van der Waals surface area (Å²) in [5.41, 5.74) is 2.53. The van der Waals surface area contributed by atoms with Crippen molar-refractivity contribution >= 4 is 11.3 Å². The Morgan fingerprint density at radius 1 is 1.26 bits per heavy atom. The van der Waals surface area contributed by atoms with Crippen molar-refractivity contribution in [2.75, 3.05) is 13.2 Å².